The van der Waals surface area contributed by atoms with Gasteiger partial charge in [-0.3, -0.25) is 9.20 Å². The van der Waals surface area contributed by atoms with Gasteiger partial charge in [0, 0.05) is 17.1 Å². The van der Waals surface area contributed by atoms with Gasteiger partial charge in [-0.25, -0.2) is 9.78 Å². The van der Waals surface area contributed by atoms with E-state index >= 15 is 0 Å². The van der Waals surface area contributed by atoms with Gasteiger partial charge < -0.3 is 9.73 Å². The minimum atomic E-state index is -0.688. The highest BCUT2D eigenvalue weighted by molar-refractivity contribution is 6.07. The highest BCUT2D eigenvalue weighted by Gasteiger charge is 2.20. The number of para-hydroxylation sites is 1. The molecule has 0 aliphatic heterocycles. The topological polar surface area (TPSA) is 76.6 Å². The number of carbonyl (C=O) groups is 1. The van der Waals surface area contributed by atoms with Gasteiger partial charge in [0.25, 0.3) is 5.91 Å². The van der Waals surface area contributed by atoms with Crippen molar-refractivity contribution in [2.24, 2.45) is 0 Å². The van der Waals surface area contributed by atoms with Crippen LogP contribution in [0.25, 0.3) is 38.6 Å². The van der Waals surface area contributed by atoms with Gasteiger partial charge >= 0.3 is 5.63 Å². The summed E-state index contributed by atoms with van der Waals surface area (Å²) in [6, 6.07) is 28.4. The first kappa shape index (κ1) is 19.0. The minimum absolute atomic E-state index is 0.0657. The summed E-state index contributed by atoms with van der Waals surface area (Å²) in [5.41, 5.74) is 1.84. The van der Waals surface area contributed by atoms with Gasteiger partial charge in [-0.15, -0.1) is 0 Å². The van der Waals surface area contributed by atoms with E-state index in [0.29, 0.717) is 28.1 Å². The number of carbonyl (C=O) groups excluding carboxylic acids is 1. The van der Waals surface area contributed by atoms with E-state index in [2.05, 4.69) is 5.32 Å². The minimum Gasteiger partial charge on any atom is -0.422 e. The van der Waals surface area contributed by atoms with E-state index in [1.807, 2.05) is 72.9 Å². The van der Waals surface area contributed by atoms with Crippen molar-refractivity contribution in [3.05, 3.63) is 113 Å². The normalized spacial score (nSPS) is 11.3. The maximum absolute atomic E-state index is 13.2. The molecule has 6 nitrogen and oxygen atoms in total. The number of rotatable bonds is 3. The van der Waals surface area contributed by atoms with Crippen LogP contribution < -0.4 is 10.9 Å². The molecule has 6 rings (SSSR count). The van der Waals surface area contributed by atoms with Gasteiger partial charge in [0.15, 0.2) is 0 Å². The second-order valence-corrected chi connectivity index (χ2v) is 7.74. The molecule has 3 aromatic heterocycles. The molecular weight excluding hydrogens is 414 g/mol. The van der Waals surface area contributed by atoms with Gasteiger partial charge in [-0.2, -0.15) is 0 Å². The Balaban J connectivity index is 1.49. The number of hydrogen-bond acceptors (Lipinski definition) is 4. The number of anilines is 1. The monoisotopic (exact) mass is 431 g/mol. The number of benzene rings is 3. The van der Waals surface area contributed by atoms with E-state index in [4.69, 9.17) is 9.40 Å². The van der Waals surface area contributed by atoms with Crippen LogP contribution in [-0.2, 0) is 0 Å². The van der Waals surface area contributed by atoms with Crippen LogP contribution in [0.15, 0.2) is 106 Å². The van der Waals surface area contributed by atoms with Crippen molar-refractivity contribution < 1.29 is 9.21 Å². The standard InChI is InChI=1S/C27H17N3O3/c31-26(21-16-19-9-3-4-10-22(19)33-27(21)32)29-25-24(28-23-11-5-6-14-30(23)25)20-13-12-17-7-1-2-8-18(17)15-20/h1-16H,(H,29,31). The Morgan fingerprint density at radius 1 is 0.818 bits per heavy atom. The molecule has 6 aromatic rings. The van der Waals surface area contributed by atoms with Crippen LogP contribution >= 0.6 is 0 Å². The molecule has 0 atom stereocenters. The lowest BCUT2D eigenvalue weighted by molar-refractivity contribution is 0.102. The molecule has 3 aromatic carbocycles. The summed E-state index contributed by atoms with van der Waals surface area (Å²) >= 11 is 0. The summed E-state index contributed by atoms with van der Waals surface area (Å²) in [6.45, 7) is 0. The van der Waals surface area contributed by atoms with Gasteiger partial charge in [0.1, 0.15) is 28.3 Å². The SMILES string of the molecule is O=C(Nc1c(-c2ccc3ccccc3c2)nc2ccccn12)c1cc2ccccc2oc1=O. The molecule has 0 unspecified atom stereocenters. The highest BCUT2D eigenvalue weighted by Crippen LogP contribution is 2.31. The maximum atomic E-state index is 13.2. The van der Waals surface area contributed by atoms with E-state index < -0.39 is 11.5 Å². The van der Waals surface area contributed by atoms with Crippen molar-refractivity contribution in [3.8, 4) is 11.3 Å². The van der Waals surface area contributed by atoms with E-state index in [9.17, 15) is 9.59 Å². The van der Waals surface area contributed by atoms with Crippen molar-refractivity contribution in [2.45, 2.75) is 0 Å². The molecule has 0 aliphatic carbocycles. The van der Waals surface area contributed by atoms with Crippen LogP contribution in [0.5, 0.6) is 0 Å². The van der Waals surface area contributed by atoms with Crippen molar-refractivity contribution in [2.75, 3.05) is 5.32 Å². The number of pyridine rings is 1. The number of fused-ring (bicyclic) bond motifs is 3. The molecule has 0 fully saturated rings. The Kier molecular flexibility index (Phi) is 4.30. The predicted octanol–water partition coefficient (Wildman–Crippen LogP) is 5.51. The van der Waals surface area contributed by atoms with Gasteiger partial charge in [0.05, 0.1) is 0 Å². The van der Waals surface area contributed by atoms with Gasteiger partial charge in [-0.1, -0.05) is 60.7 Å². The van der Waals surface area contributed by atoms with Crippen molar-refractivity contribution in [1.82, 2.24) is 9.38 Å². The number of hydrogen-bond donors (Lipinski definition) is 1. The first-order valence-electron chi connectivity index (χ1n) is 10.5. The molecule has 0 aliphatic rings. The molecule has 6 heteroatoms. The zero-order valence-corrected chi connectivity index (χ0v) is 17.4. The zero-order chi connectivity index (χ0) is 22.4. The average Bonchev–Trinajstić information content (AvgIpc) is 3.21. The van der Waals surface area contributed by atoms with Crippen molar-refractivity contribution in [1.29, 1.82) is 0 Å². The van der Waals surface area contributed by atoms with Gasteiger partial charge in [0.2, 0.25) is 0 Å². The number of imidazole rings is 1. The lowest BCUT2D eigenvalue weighted by Gasteiger charge is -2.08. The van der Waals surface area contributed by atoms with Crippen LogP contribution in [0.4, 0.5) is 5.82 Å². The summed E-state index contributed by atoms with van der Waals surface area (Å²) in [5, 5.41) is 5.76. The summed E-state index contributed by atoms with van der Waals surface area (Å²) in [5.74, 6) is -0.0689. The number of nitrogens with one attached hydrogen (secondary N) is 1. The van der Waals surface area contributed by atoms with Crippen LogP contribution in [0.2, 0.25) is 0 Å². The second kappa shape index (κ2) is 7.46. The van der Waals surface area contributed by atoms with E-state index in [1.54, 1.807) is 28.7 Å². The molecule has 3 heterocycles. The Morgan fingerprint density at radius 2 is 1.58 bits per heavy atom. The lowest BCUT2D eigenvalue weighted by Crippen LogP contribution is -2.21. The second-order valence-electron chi connectivity index (χ2n) is 7.74. The molecule has 0 spiro atoms. The Hall–Kier alpha value is -4.71. The largest absolute Gasteiger partial charge is 0.422 e. The third-order valence-electron chi connectivity index (χ3n) is 5.67. The molecular formula is C27H17N3O3. The number of amides is 1. The lowest BCUT2D eigenvalue weighted by atomic mass is 10.0. The fourth-order valence-electron chi connectivity index (χ4n) is 4.05. The molecule has 0 radical (unpaired) electrons. The zero-order valence-electron chi connectivity index (χ0n) is 17.4. The molecule has 0 saturated carbocycles. The summed E-state index contributed by atoms with van der Waals surface area (Å²) in [6.07, 6.45) is 1.82. The van der Waals surface area contributed by atoms with Gasteiger partial charge in [-0.05, 0) is 41.1 Å². The molecule has 33 heavy (non-hydrogen) atoms. The molecule has 158 valence electrons. The quantitative estimate of drug-likeness (QED) is 0.375. The molecule has 0 bridgehead atoms. The van der Waals surface area contributed by atoms with Crippen LogP contribution in [0.3, 0.4) is 0 Å². The first-order chi connectivity index (χ1) is 16.2. The Bertz CT molecular complexity index is 1750. The van der Waals surface area contributed by atoms with Crippen molar-refractivity contribution >= 4 is 39.1 Å². The van der Waals surface area contributed by atoms with E-state index in [-0.39, 0.29) is 5.56 Å². The van der Waals surface area contributed by atoms with Crippen LogP contribution in [0, 0.1) is 0 Å². The average molecular weight is 431 g/mol. The Morgan fingerprint density at radius 3 is 2.45 bits per heavy atom. The fourth-order valence-corrected chi connectivity index (χ4v) is 4.05. The van der Waals surface area contributed by atoms with E-state index in [1.165, 1.54) is 0 Å². The third kappa shape index (κ3) is 3.25. The van der Waals surface area contributed by atoms with Crippen LogP contribution in [0.1, 0.15) is 10.4 Å². The smallest absolute Gasteiger partial charge is 0.349 e. The molecule has 1 N–H and O–H groups in total. The van der Waals surface area contributed by atoms with Crippen molar-refractivity contribution in [3.63, 3.8) is 0 Å². The van der Waals surface area contributed by atoms with Crippen LogP contribution in [-0.4, -0.2) is 15.3 Å². The Labute approximate surface area is 187 Å². The first-order valence-corrected chi connectivity index (χ1v) is 10.5. The summed E-state index contributed by atoms with van der Waals surface area (Å²) in [4.78, 5) is 30.5. The van der Waals surface area contributed by atoms with E-state index in [0.717, 1.165) is 16.3 Å². The fraction of sp³-hybridized carbons (Fsp3) is 0. The predicted molar refractivity (Wildman–Crippen MR) is 129 cm³/mol. The molecule has 1 amide bonds. The third-order valence-corrected chi connectivity index (χ3v) is 5.67. The summed E-state index contributed by atoms with van der Waals surface area (Å²) < 4.78 is 7.14. The highest BCUT2D eigenvalue weighted by atomic mass is 16.4. The maximum Gasteiger partial charge on any atom is 0.349 e. The summed E-state index contributed by atoms with van der Waals surface area (Å²) in [7, 11) is 0. The molecule has 0 saturated heterocycles. The number of aromatic nitrogens is 2. The number of nitrogens with zero attached hydrogens (tertiary/aromatic N) is 2.